The fourth-order valence-corrected chi connectivity index (χ4v) is 1.40. The van der Waals surface area contributed by atoms with Crippen LogP contribution in [0.15, 0.2) is 53.5 Å². The Morgan fingerprint density at radius 3 is 2.50 bits per heavy atom. The highest BCUT2D eigenvalue weighted by molar-refractivity contribution is 5.82. The molecule has 2 rings (SSSR count). The fraction of sp³-hybridized carbons (Fsp3) is 0.0714. The second-order valence-electron chi connectivity index (χ2n) is 3.62. The van der Waals surface area contributed by atoms with E-state index in [2.05, 4.69) is 4.99 Å². The Morgan fingerprint density at radius 1 is 1.06 bits per heavy atom. The van der Waals surface area contributed by atoms with E-state index in [-0.39, 0.29) is 5.82 Å². The average Bonchev–Trinajstić information content (AvgIpc) is 2.29. The summed E-state index contributed by atoms with van der Waals surface area (Å²) in [5.41, 5.74) is 2.24. The van der Waals surface area contributed by atoms with Crippen molar-refractivity contribution in [1.82, 2.24) is 0 Å². The van der Waals surface area contributed by atoms with Gasteiger partial charge in [-0.15, -0.1) is 0 Å². The number of hydrogen-bond donors (Lipinski definition) is 0. The first kappa shape index (κ1) is 10.6. The number of rotatable bonds is 2. The molecule has 0 amide bonds. The third-order valence-electron chi connectivity index (χ3n) is 2.26. The molecule has 2 aromatic carbocycles. The Kier molecular flexibility index (Phi) is 3.10. The van der Waals surface area contributed by atoms with Crippen LogP contribution in [-0.2, 0) is 0 Å². The zero-order valence-electron chi connectivity index (χ0n) is 9.02. The Morgan fingerprint density at radius 2 is 1.81 bits per heavy atom. The summed E-state index contributed by atoms with van der Waals surface area (Å²) in [5, 5.41) is 0. The molecule has 0 atom stereocenters. The van der Waals surface area contributed by atoms with Gasteiger partial charge in [0.15, 0.2) is 0 Å². The van der Waals surface area contributed by atoms with Crippen LogP contribution in [0.3, 0.4) is 0 Å². The largest absolute Gasteiger partial charge is 0.256 e. The van der Waals surface area contributed by atoms with Crippen LogP contribution in [0.2, 0.25) is 0 Å². The number of para-hydroxylation sites is 1. The van der Waals surface area contributed by atoms with Gasteiger partial charge in [-0.3, -0.25) is 4.99 Å². The molecule has 16 heavy (non-hydrogen) atoms. The van der Waals surface area contributed by atoms with Crippen molar-refractivity contribution in [2.24, 2.45) is 4.99 Å². The molecule has 0 aliphatic heterocycles. The molecule has 0 aromatic heterocycles. The van der Waals surface area contributed by atoms with Gasteiger partial charge in [0.05, 0.1) is 5.69 Å². The Labute approximate surface area is 94.3 Å². The van der Waals surface area contributed by atoms with E-state index in [1.54, 1.807) is 12.3 Å². The molecule has 1 nitrogen and oxygen atoms in total. The van der Waals surface area contributed by atoms with E-state index in [0.29, 0.717) is 5.56 Å². The predicted molar refractivity (Wildman–Crippen MR) is 64.8 cm³/mol. The topological polar surface area (TPSA) is 12.4 Å². The normalized spacial score (nSPS) is 10.9. The molecular formula is C14H12FN. The van der Waals surface area contributed by atoms with E-state index < -0.39 is 0 Å². The lowest BCUT2D eigenvalue weighted by Gasteiger charge is -1.98. The van der Waals surface area contributed by atoms with Crippen LogP contribution < -0.4 is 0 Å². The number of nitrogens with zero attached hydrogens (tertiary/aromatic N) is 1. The lowest BCUT2D eigenvalue weighted by Crippen LogP contribution is -1.88. The molecule has 0 fully saturated rings. The van der Waals surface area contributed by atoms with E-state index in [9.17, 15) is 4.39 Å². The van der Waals surface area contributed by atoms with Gasteiger partial charge in [-0.1, -0.05) is 30.3 Å². The Bertz CT molecular complexity index is 503. The maximum atomic E-state index is 13.5. The summed E-state index contributed by atoms with van der Waals surface area (Å²) in [6.45, 7) is 1.86. The van der Waals surface area contributed by atoms with Gasteiger partial charge in [0, 0.05) is 11.8 Å². The van der Waals surface area contributed by atoms with Gasteiger partial charge in [0.25, 0.3) is 0 Å². The summed E-state index contributed by atoms with van der Waals surface area (Å²) < 4.78 is 13.5. The molecule has 0 N–H and O–H groups in total. The van der Waals surface area contributed by atoms with E-state index in [0.717, 1.165) is 11.3 Å². The number of halogens is 1. The van der Waals surface area contributed by atoms with Crippen LogP contribution in [0.1, 0.15) is 11.1 Å². The summed E-state index contributed by atoms with van der Waals surface area (Å²) in [5.74, 6) is -0.236. The van der Waals surface area contributed by atoms with Crippen molar-refractivity contribution < 1.29 is 4.39 Å². The zero-order valence-corrected chi connectivity index (χ0v) is 9.02. The smallest absolute Gasteiger partial charge is 0.132 e. The molecular weight excluding hydrogens is 201 g/mol. The molecule has 0 saturated heterocycles. The third-order valence-corrected chi connectivity index (χ3v) is 2.26. The molecule has 0 saturated carbocycles. The first-order chi connectivity index (χ1) is 7.75. The minimum absolute atomic E-state index is 0.236. The fourth-order valence-electron chi connectivity index (χ4n) is 1.40. The van der Waals surface area contributed by atoms with E-state index >= 15 is 0 Å². The Balaban J connectivity index is 2.24. The minimum Gasteiger partial charge on any atom is -0.256 e. The van der Waals surface area contributed by atoms with Gasteiger partial charge in [0.2, 0.25) is 0 Å². The minimum atomic E-state index is -0.236. The molecule has 0 unspecified atom stereocenters. The van der Waals surface area contributed by atoms with Crippen molar-refractivity contribution in [1.29, 1.82) is 0 Å². The summed E-state index contributed by atoms with van der Waals surface area (Å²) >= 11 is 0. The molecule has 0 heterocycles. The molecule has 0 spiro atoms. The molecule has 2 heteroatoms. The second kappa shape index (κ2) is 4.71. The standard InChI is InChI=1S/C14H12FN/c1-11-7-8-12(14(15)9-11)10-16-13-5-3-2-4-6-13/h2-10H,1H3. The molecule has 80 valence electrons. The highest BCUT2D eigenvalue weighted by Crippen LogP contribution is 2.12. The predicted octanol–water partition coefficient (Wildman–Crippen LogP) is 3.88. The van der Waals surface area contributed by atoms with Gasteiger partial charge in [-0.25, -0.2) is 4.39 Å². The quantitative estimate of drug-likeness (QED) is 0.671. The van der Waals surface area contributed by atoms with Crippen LogP contribution in [0, 0.1) is 12.7 Å². The molecule has 0 radical (unpaired) electrons. The van der Waals surface area contributed by atoms with Crippen molar-refractivity contribution in [3.63, 3.8) is 0 Å². The number of benzene rings is 2. The Hall–Kier alpha value is -1.96. The van der Waals surface area contributed by atoms with Gasteiger partial charge < -0.3 is 0 Å². The first-order valence-corrected chi connectivity index (χ1v) is 5.11. The van der Waals surface area contributed by atoms with Crippen molar-refractivity contribution >= 4 is 11.9 Å². The summed E-state index contributed by atoms with van der Waals surface area (Å²) in [6.07, 6.45) is 1.55. The molecule has 0 aliphatic carbocycles. The molecule has 0 aliphatic rings. The van der Waals surface area contributed by atoms with Crippen molar-refractivity contribution in [2.45, 2.75) is 6.92 Å². The van der Waals surface area contributed by atoms with Crippen LogP contribution in [0.5, 0.6) is 0 Å². The van der Waals surface area contributed by atoms with Gasteiger partial charge in [-0.05, 0) is 30.7 Å². The van der Waals surface area contributed by atoms with Crippen LogP contribution in [-0.4, -0.2) is 6.21 Å². The van der Waals surface area contributed by atoms with E-state index in [1.807, 2.05) is 43.3 Å². The average molecular weight is 213 g/mol. The molecule has 0 bridgehead atoms. The third kappa shape index (κ3) is 2.54. The SMILES string of the molecule is Cc1ccc(C=Nc2ccccc2)c(F)c1. The number of aryl methyl sites for hydroxylation is 1. The van der Waals surface area contributed by atoms with Crippen LogP contribution in [0.25, 0.3) is 0 Å². The van der Waals surface area contributed by atoms with E-state index in [4.69, 9.17) is 0 Å². The highest BCUT2D eigenvalue weighted by atomic mass is 19.1. The second-order valence-corrected chi connectivity index (χ2v) is 3.62. The number of hydrogen-bond acceptors (Lipinski definition) is 1. The van der Waals surface area contributed by atoms with E-state index in [1.165, 1.54) is 6.07 Å². The molecule has 2 aromatic rings. The van der Waals surface area contributed by atoms with Crippen LogP contribution in [0.4, 0.5) is 10.1 Å². The van der Waals surface area contributed by atoms with Crippen molar-refractivity contribution in [3.8, 4) is 0 Å². The maximum absolute atomic E-state index is 13.5. The van der Waals surface area contributed by atoms with Gasteiger partial charge in [-0.2, -0.15) is 0 Å². The lowest BCUT2D eigenvalue weighted by atomic mass is 10.1. The van der Waals surface area contributed by atoms with Gasteiger partial charge >= 0.3 is 0 Å². The maximum Gasteiger partial charge on any atom is 0.132 e. The monoisotopic (exact) mass is 213 g/mol. The lowest BCUT2D eigenvalue weighted by molar-refractivity contribution is 0.625. The first-order valence-electron chi connectivity index (χ1n) is 5.11. The zero-order chi connectivity index (χ0) is 11.4. The van der Waals surface area contributed by atoms with Crippen LogP contribution >= 0.6 is 0 Å². The van der Waals surface area contributed by atoms with Crippen molar-refractivity contribution in [2.75, 3.05) is 0 Å². The summed E-state index contributed by atoms with van der Waals surface area (Å²) in [6, 6.07) is 14.6. The summed E-state index contributed by atoms with van der Waals surface area (Å²) in [4.78, 5) is 4.20. The van der Waals surface area contributed by atoms with Gasteiger partial charge in [0.1, 0.15) is 5.82 Å². The van der Waals surface area contributed by atoms with Crippen molar-refractivity contribution in [3.05, 3.63) is 65.5 Å². The summed E-state index contributed by atoms with van der Waals surface area (Å²) in [7, 11) is 0. The highest BCUT2D eigenvalue weighted by Gasteiger charge is 1.98. The number of aliphatic imine (C=N–C) groups is 1.